The minimum atomic E-state index is 0.506. The summed E-state index contributed by atoms with van der Waals surface area (Å²) in [5.74, 6) is 0. The van der Waals surface area contributed by atoms with Crippen molar-refractivity contribution in [2.75, 3.05) is 0 Å². The molecule has 3 heteroatoms. The van der Waals surface area contributed by atoms with E-state index in [0.717, 1.165) is 6.04 Å². The highest BCUT2D eigenvalue weighted by molar-refractivity contribution is 9.10. The fraction of sp³-hybridized carbons (Fsp3) is 0.556. The molecule has 1 aliphatic carbocycles. The van der Waals surface area contributed by atoms with Crippen molar-refractivity contribution in [2.45, 2.75) is 31.8 Å². The van der Waals surface area contributed by atoms with E-state index in [-0.39, 0.29) is 0 Å². The molecule has 1 saturated carbocycles. The van der Waals surface area contributed by atoms with Gasteiger partial charge in [-0.05, 0) is 47.1 Å². The third-order valence-electron chi connectivity index (χ3n) is 2.10. The Labute approximate surface area is 85.3 Å². The van der Waals surface area contributed by atoms with Crippen molar-refractivity contribution in [1.29, 1.82) is 0 Å². The molecule has 0 radical (unpaired) electrons. The minimum Gasteiger partial charge on any atom is -0.307 e. The summed E-state index contributed by atoms with van der Waals surface area (Å²) in [6.45, 7) is 2.23. The van der Waals surface area contributed by atoms with Crippen LogP contribution in [0.5, 0.6) is 0 Å². The summed E-state index contributed by atoms with van der Waals surface area (Å²) in [4.78, 5) is 1.42. The van der Waals surface area contributed by atoms with Crippen molar-refractivity contribution in [3.8, 4) is 0 Å². The topological polar surface area (TPSA) is 12.0 Å². The molecule has 2 rings (SSSR count). The summed E-state index contributed by atoms with van der Waals surface area (Å²) in [7, 11) is 0. The lowest BCUT2D eigenvalue weighted by atomic mass is 10.3. The second-order valence-electron chi connectivity index (χ2n) is 3.30. The predicted octanol–water partition coefficient (Wildman–Crippen LogP) is 3.32. The molecular formula is C9H12BrNS. The van der Waals surface area contributed by atoms with Gasteiger partial charge in [0.25, 0.3) is 0 Å². The highest BCUT2D eigenvalue weighted by Crippen LogP contribution is 2.31. The second-order valence-corrected chi connectivity index (χ2v) is 5.10. The van der Waals surface area contributed by atoms with Gasteiger partial charge >= 0.3 is 0 Å². The molecule has 1 aliphatic rings. The highest BCUT2D eigenvalue weighted by Gasteiger charge is 2.24. The average molecular weight is 246 g/mol. The van der Waals surface area contributed by atoms with E-state index < -0.39 is 0 Å². The zero-order chi connectivity index (χ0) is 8.55. The molecule has 1 nitrogen and oxygen atoms in total. The van der Waals surface area contributed by atoms with E-state index in [1.165, 1.54) is 22.2 Å². The molecule has 1 N–H and O–H groups in total. The van der Waals surface area contributed by atoms with E-state index in [0.29, 0.717) is 6.04 Å². The van der Waals surface area contributed by atoms with Crippen LogP contribution in [0, 0.1) is 0 Å². The molecule has 1 fully saturated rings. The predicted molar refractivity (Wildman–Crippen MR) is 56.6 cm³/mol. The summed E-state index contributed by atoms with van der Waals surface area (Å²) >= 11 is 5.37. The number of hydrogen-bond acceptors (Lipinski definition) is 2. The van der Waals surface area contributed by atoms with Gasteiger partial charge in [-0.15, -0.1) is 11.3 Å². The van der Waals surface area contributed by atoms with Crippen molar-refractivity contribution in [3.63, 3.8) is 0 Å². The summed E-state index contributed by atoms with van der Waals surface area (Å²) < 4.78 is 1.24. The Morgan fingerprint density at radius 2 is 2.42 bits per heavy atom. The van der Waals surface area contributed by atoms with Crippen molar-refractivity contribution >= 4 is 27.3 Å². The van der Waals surface area contributed by atoms with Crippen molar-refractivity contribution in [3.05, 3.63) is 20.8 Å². The molecule has 12 heavy (non-hydrogen) atoms. The van der Waals surface area contributed by atoms with Gasteiger partial charge in [-0.25, -0.2) is 0 Å². The molecule has 66 valence electrons. The number of rotatable bonds is 3. The first-order valence-corrected chi connectivity index (χ1v) is 5.93. The Balaban J connectivity index is 2.02. The molecule has 1 aromatic rings. The van der Waals surface area contributed by atoms with Crippen molar-refractivity contribution in [1.82, 2.24) is 5.32 Å². The molecule has 1 heterocycles. The minimum absolute atomic E-state index is 0.506. The zero-order valence-electron chi connectivity index (χ0n) is 7.01. The number of nitrogens with one attached hydrogen (secondary N) is 1. The van der Waals surface area contributed by atoms with E-state index in [4.69, 9.17) is 0 Å². The summed E-state index contributed by atoms with van der Waals surface area (Å²) in [6.07, 6.45) is 2.71. The van der Waals surface area contributed by atoms with E-state index in [1.54, 1.807) is 0 Å². The van der Waals surface area contributed by atoms with Crippen molar-refractivity contribution < 1.29 is 0 Å². The first-order chi connectivity index (χ1) is 5.77. The second kappa shape index (κ2) is 3.48. The van der Waals surface area contributed by atoms with Crippen LogP contribution >= 0.6 is 27.3 Å². The smallest absolute Gasteiger partial charge is 0.0399 e. The van der Waals surface area contributed by atoms with Crippen LogP contribution in [0.25, 0.3) is 0 Å². The molecule has 0 spiro atoms. The summed E-state index contributed by atoms with van der Waals surface area (Å²) in [6, 6.07) is 3.41. The normalized spacial score (nSPS) is 19.5. The Morgan fingerprint density at radius 3 is 2.92 bits per heavy atom. The largest absolute Gasteiger partial charge is 0.307 e. The quantitative estimate of drug-likeness (QED) is 0.862. The zero-order valence-corrected chi connectivity index (χ0v) is 9.41. The first kappa shape index (κ1) is 8.73. The SMILES string of the molecule is CC(NC1CC1)c1sccc1Br. The lowest BCUT2D eigenvalue weighted by Crippen LogP contribution is -2.19. The monoisotopic (exact) mass is 245 g/mol. The first-order valence-electron chi connectivity index (χ1n) is 4.26. The summed E-state index contributed by atoms with van der Waals surface area (Å²) in [5.41, 5.74) is 0. The lowest BCUT2D eigenvalue weighted by molar-refractivity contribution is 0.577. The molecule has 1 aromatic heterocycles. The van der Waals surface area contributed by atoms with Gasteiger partial charge < -0.3 is 5.32 Å². The molecule has 1 unspecified atom stereocenters. The number of halogens is 1. The van der Waals surface area contributed by atoms with Crippen LogP contribution in [0.1, 0.15) is 30.7 Å². The third-order valence-corrected chi connectivity index (χ3v) is 4.15. The van der Waals surface area contributed by atoms with Crippen LogP contribution in [0.4, 0.5) is 0 Å². The molecule has 1 atom stereocenters. The lowest BCUT2D eigenvalue weighted by Gasteiger charge is -2.11. The third kappa shape index (κ3) is 1.90. The van der Waals surface area contributed by atoms with Crippen LogP contribution in [0.3, 0.4) is 0 Å². The van der Waals surface area contributed by atoms with Crippen molar-refractivity contribution in [2.24, 2.45) is 0 Å². The van der Waals surface area contributed by atoms with Gasteiger partial charge in [-0.1, -0.05) is 0 Å². The molecule has 0 aliphatic heterocycles. The molecule has 0 aromatic carbocycles. The van der Waals surface area contributed by atoms with Crippen LogP contribution in [-0.4, -0.2) is 6.04 Å². The fourth-order valence-corrected chi connectivity index (χ4v) is 3.03. The highest BCUT2D eigenvalue weighted by atomic mass is 79.9. The molecule has 0 bridgehead atoms. The Bertz CT molecular complexity index is 267. The van der Waals surface area contributed by atoms with Gasteiger partial charge in [0.2, 0.25) is 0 Å². The fourth-order valence-electron chi connectivity index (χ4n) is 1.29. The number of hydrogen-bond donors (Lipinski definition) is 1. The number of thiophene rings is 1. The average Bonchev–Trinajstić information content (AvgIpc) is 2.72. The van der Waals surface area contributed by atoms with Crippen LogP contribution < -0.4 is 5.32 Å². The molecule has 0 saturated heterocycles. The van der Waals surface area contributed by atoms with E-state index in [9.17, 15) is 0 Å². The van der Waals surface area contributed by atoms with E-state index in [1.807, 2.05) is 11.3 Å². The Hall–Kier alpha value is 0.140. The maximum atomic E-state index is 3.58. The van der Waals surface area contributed by atoms with E-state index in [2.05, 4.69) is 39.6 Å². The molecule has 0 amide bonds. The maximum absolute atomic E-state index is 3.58. The standard InChI is InChI=1S/C9H12BrNS/c1-6(11-7-2-3-7)9-8(10)4-5-12-9/h4-7,11H,2-3H2,1H3. The van der Waals surface area contributed by atoms with Gasteiger partial charge in [0.05, 0.1) is 0 Å². The van der Waals surface area contributed by atoms with Gasteiger partial charge in [-0.2, -0.15) is 0 Å². The Kier molecular flexibility index (Phi) is 2.53. The van der Waals surface area contributed by atoms with E-state index >= 15 is 0 Å². The van der Waals surface area contributed by atoms with Gasteiger partial charge in [0.1, 0.15) is 0 Å². The van der Waals surface area contributed by atoms with Gasteiger partial charge in [-0.3, -0.25) is 0 Å². The van der Waals surface area contributed by atoms with Gasteiger partial charge in [0.15, 0.2) is 0 Å². The van der Waals surface area contributed by atoms with Crippen LogP contribution in [-0.2, 0) is 0 Å². The Morgan fingerprint density at radius 1 is 1.67 bits per heavy atom. The maximum Gasteiger partial charge on any atom is 0.0399 e. The summed E-state index contributed by atoms with van der Waals surface area (Å²) in [5, 5.41) is 5.71. The molecular weight excluding hydrogens is 234 g/mol. The van der Waals surface area contributed by atoms with Gasteiger partial charge in [0, 0.05) is 21.4 Å². The van der Waals surface area contributed by atoms with Crippen LogP contribution in [0.15, 0.2) is 15.9 Å². The van der Waals surface area contributed by atoms with Crippen LogP contribution in [0.2, 0.25) is 0 Å².